The first-order valence-electron chi connectivity index (χ1n) is 4.57. The molecule has 1 aromatic rings. The van der Waals surface area contributed by atoms with Crippen molar-refractivity contribution in [2.24, 2.45) is 5.73 Å². The minimum absolute atomic E-state index is 0.0202. The van der Waals surface area contributed by atoms with E-state index in [0.29, 0.717) is 0 Å². The quantitative estimate of drug-likeness (QED) is 0.727. The molecule has 0 aliphatic carbocycles. The molecule has 74 valence electrons. The van der Waals surface area contributed by atoms with Gasteiger partial charge in [0.05, 0.1) is 0 Å². The van der Waals surface area contributed by atoms with Gasteiger partial charge in [0.2, 0.25) is 0 Å². The molecule has 0 fully saturated rings. The van der Waals surface area contributed by atoms with Crippen LogP contribution in [0.15, 0.2) is 24.3 Å². The Morgan fingerprint density at radius 1 is 1.43 bits per heavy atom. The SMILES string of the molecule is C#Cc1ccc(C(C)C(N)CF)cc1. The smallest absolute Gasteiger partial charge is 0.105 e. The maximum Gasteiger partial charge on any atom is 0.105 e. The standard InChI is InChI=1S/C12H14FN/c1-3-10-4-6-11(7-5-10)9(2)12(14)8-13/h1,4-7,9,12H,8,14H2,2H3. The minimum atomic E-state index is -0.502. The van der Waals surface area contributed by atoms with Crippen LogP contribution >= 0.6 is 0 Å². The molecular formula is C12H14FN. The lowest BCUT2D eigenvalue weighted by Gasteiger charge is -2.16. The van der Waals surface area contributed by atoms with Gasteiger partial charge in [0.25, 0.3) is 0 Å². The zero-order chi connectivity index (χ0) is 10.6. The van der Waals surface area contributed by atoms with E-state index in [1.807, 2.05) is 31.2 Å². The number of rotatable bonds is 3. The second kappa shape index (κ2) is 4.78. The second-order valence-corrected chi connectivity index (χ2v) is 3.37. The van der Waals surface area contributed by atoms with Gasteiger partial charge in [-0.3, -0.25) is 0 Å². The van der Waals surface area contributed by atoms with Crippen LogP contribution in [0, 0.1) is 12.3 Å². The lowest BCUT2D eigenvalue weighted by molar-refractivity contribution is 0.396. The zero-order valence-electron chi connectivity index (χ0n) is 8.20. The van der Waals surface area contributed by atoms with Gasteiger partial charge < -0.3 is 5.73 Å². The van der Waals surface area contributed by atoms with Gasteiger partial charge >= 0.3 is 0 Å². The lowest BCUT2D eigenvalue weighted by atomic mass is 9.94. The molecule has 2 atom stereocenters. The molecule has 2 unspecified atom stereocenters. The van der Waals surface area contributed by atoms with E-state index in [1.54, 1.807) is 0 Å². The fourth-order valence-corrected chi connectivity index (χ4v) is 1.26. The van der Waals surface area contributed by atoms with E-state index in [-0.39, 0.29) is 5.92 Å². The second-order valence-electron chi connectivity index (χ2n) is 3.37. The highest BCUT2D eigenvalue weighted by Gasteiger charge is 2.13. The van der Waals surface area contributed by atoms with Crippen molar-refractivity contribution in [3.05, 3.63) is 35.4 Å². The van der Waals surface area contributed by atoms with E-state index in [2.05, 4.69) is 5.92 Å². The molecule has 0 spiro atoms. The Kier molecular flexibility index (Phi) is 3.67. The Morgan fingerprint density at radius 3 is 2.43 bits per heavy atom. The number of hydrogen-bond donors (Lipinski definition) is 1. The summed E-state index contributed by atoms with van der Waals surface area (Å²) in [6.45, 7) is 1.41. The summed E-state index contributed by atoms with van der Waals surface area (Å²) in [7, 11) is 0. The van der Waals surface area contributed by atoms with Crippen LogP contribution in [0.25, 0.3) is 0 Å². The first-order chi connectivity index (χ1) is 6.69. The summed E-state index contributed by atoms with van der Waals surface area (Å²) in [4.78, 5) is 0. The van der Waals surface area contributed by atoms with Gasteiger partial charge in [-0.2, -0.15) is 0 Å². The van der Waals surface area contributed by atoms with E-state index >= 15 is 0 Å². The van der Waals surface area contributed by atoms with Crippen LogP contribution in [0.1, 0.15) is 24.0 Å². The highest BCUT2D eigenvalue weighted by atomic mass is 19.1. The van der Waals surface area contributed by atoms with Crippen LogP contribution in [0.2, 0.25) is 0 Å². The summed E-state index contributed by atoms with van der Waals surface area (Å²) in [6, 6.07) is 7.05. The summed E-state index contributed by atoms with van der Waals surface area (Å²) in [5, 5.41) is 0. The molecule has 0 saturated carbocycles. The molecule has 0 saturated heterocycles. The van der Waals surface area contributed by atoms with Crippen LogP contribution in [0.3, 0.4) is 0 Å². The summed E-state index contributed by atoms with van der Waals surface area (Å²) in [5.74, 6) is 2.55. The molecule has 1 rings (SSSR count). The third kappa shape index (κ3) is 2.34. The summed E-state index contributed by atoms with van der Waals surface area (Å²) >= 11 is 0. The third-order valence-electron chi connectivity index (χ3n) is 2.42. The Labute approximate surface area is 84.1 Å². The largest absolute Gasteiger partial charge is 0.325 e. The van der Waals surface area contributed by atoms with Crippen molar-refractivity contribution in [3.63, 3.8) is 0 Å². The van der Waals surface area contributed by atoms with Gasteiger partial charge in [-0.15, -0.1) is 6.42 Å². The molecule has 2 heteroatoms. The molecule has 0 amide bonds. The number of benzene rings is 1. The minimum Gasteiger partial charge on any atom is -0.325 e. The van der Waals surface area contributed by atoms with Crippen molar-refractivity contribution in [1.29, 1.82) is 0 Å². The fourth-order valence-electron chi connectivity index (χ4n) is 1.26. The Balaban J connectivity index is 2.82. The third-order valence-corrected chi connectivity index (χ3v) is 2.42. The van der Waals surface area contributed by atoms with E-state index < -0.39 is 12.7 Å². The molecule has 0 bridgehead atoms. The zero-order valence-corrected chi connectivity index (χ0v) is 8.20. The molecule has 0 heterocycles. The number of halogens is 1. The van der Waals surface area contributed by atoms with Gasteiger partial charge in [0, 0.05) is 11.6 Å². The highest BCUT2D eigenvalue weighted by Crippen LogP contribution is 2.18. The molecule has 14 heavy (non-hydrogen) atoms. The van der Waals surface area contributed by atoms with Gasteiger partial charge in [0.15, 0.2) is 0 Å². The van der Waals surface area contributed by atoms with Crippen molar-refractivity contribution in [1.82, 2.24) is 0 Å². The van der Waals surface area contributed by atoms with E-state index in [1.165, 1.54) is 0 Å². The maximum absolute atomic E-state index is 12.3. The Morgan fingerprint density at radius 2 is 2.00 bits per heavy atom. The monoisotopic (exact) mass is 191 g/mol. The molecule has 0 aromatic heterocycles. The van der Waals surface area contributed by atoms with E-state index in [9.17, 15) is 4.39 Å². The Bertz CT molecular complexity index is 323. The van der Waals surface area contributed by atoms with Crippen molar-refractivity contribution >= 4 is 0 Å². The number of terminal acetylenes is 1. The van der Waals surface area contributed by atoms with Crippen LogP contribution < -0.4 is 5.73 Å². The van der Waals surface area contributed by atoms with Crippen molar-refractivity contribution < 1.29 is 4.39 Å². The first-order valence-corrected chi connectivity index (χ1v) is 4.57. The molecule has 0 radical (unpaired) electrons. The van der Waals surface area contributed by atoms with Gasteiger partial charge in [-0.1, -0.05) is 25.0 Å². The first kappa shape index (κ1) is 10.7. The molecular weight excluding hydrogens is 177 g/mol. The maximum atomic E-state index is 12.3. The van der Waals surface area contributed by atoms with Crippen molar-refractivity contribution in [3.8, 4) is 12.3 Å². The highest BCUT2D eigenvalue weighted by molar-refractivity contribution is 5.35. The molecule has 0 aliphatic rings. The normalized spacial score (nSPS) is 14.4. The summed E-state index contributed by atoms with van der Waals surface area (Å²) in [5.41, 5.74) is 7.45. The van der Waals surface area contributed by atoms with Crippen molar-refractivity contribution in [2.75, 3.05) is 6.67 Å². The molecule has 1 nitrogen and oxygen atoms in total. The van der Waals surface area contributed by atoms with Crippen LogP contribution in [0.4, 0.5) is 4.39 Å². The average molecular weight is 191 g/mol. The molecule has 1 aromatic carbocycles. The van der Waals surface area contributed by atoms with Crippen LogP contribution in [0.5, 0.6) is 0 Å². The number of nitrogens with two attached hydrogens (primary N) is 1. The van der Waals surface area contributed by atoms with E-state index in [0.717, 1.165) is 11.1 Å². The van der Waals surface area contributed by atoms with E-state index in [4.69, 9.17) is 12.2 Å². The predicted molar refractivity (Wildman–Crippen MR) is 56.7 cm³/mol. The lowest BCUT2D eigenvalue weighted by Crippen LogP contribution is -2.28. The van der Waals surface area contributed by atoms with Crippen molar-refractivity contribution in [2.45, 2.75) is 18.9 Å². The fraction of sp³-hybridized carbons (Fsp3) is 0.333. The molecule has 0 aliphatic heterocycles. The number of hydrogen-bond acceptors (Lipinski definition) is 1. The average Bonchev–Trinajstić information content (AvgIpc) is 2.27. The summed E-state index contributed by atoms with van der Waals surface area (Å²) < 4.78 is 12.3. The van der Waals surface area contributed by atoms with Gasteiger partial charge in [-0.05, 0) is 23.6 Å². The van der Waals surface area contributed by atoms with Gasteiger partial charge in [-0.25, -0.2) is 4.39 Å². The van der Waals surface area contributed by atoms with Crippen LogP contribution in [-0.2, 0) is 0 Å². The summed E-state index contributed by atoms with van der Waals surface area (Å²) in [6.07, 6.45) is 5.23. The van der Waals surface area contributed by atoms with Gasteiger partial charge in [0.1, 0.15) is 6.67 Å². The number of alkyl halides is 1. The predicted octanol–water partition coefficient (Wildman–Crippen LogP) is 2.07. The molecule has 2 N–H and O–H groups in total. The topological polar surface area (TPSA) is 26.0 Å². The Hall–Kier alpha value is -1.33. The van der Waals surface area contributed by atoms with Crippen LogP contribution in [-0.4, -0.2) is 12.7 Å².